The van der Waals surface area contributed by atoms with Crippen LogP contribution < -0.4 is 16.1 Å². The molecule has 2 aromatic heterocycles. The summed E-state index contributed by atoms with van der Waals surface area (Å²) in [4.78, 5) is 61.1. The van der Waals surface area contributed by atoms with Crippen LogP contribution in [0.25, 0.3) is 11.2 Å². The fraction of sp³-hybridized carbons (Fsp3) is 0.500. The number of hydrogen-bond acceptors (Lipinski definition) is 8. The van der Waals surface area contributed by atoms with E-state index in [1.54, 1.807) is 23.3 Å². The van der Waals surface area contributed by atoms with Crippen LogP contribution in [0.5, 0.6) is 0 Å². The Kier molecular flexibility index (Phi) is 9.40. The van der Waals surface area contributed by atoms with Crippen LogP contribution in [-0.4, -0.2) is 74.0 Å². The fourth-order valence-electron chi connectivity index (χ4n) is 4.80. The van der Waals surface area contributed by atoms with Crippen LogP contribution >= 0.6 is 0 Å². The molecule has 0 N–H and O–H groups in total. The van der Waals surface area contributed by atoms with E-state index in [1.165, 1.54) is 4.57 Å². The van der Waals surface area contributed by atoms with Crippen molar-refractivity contribution in [2.45, 2.75) is 66.3 Å². The quantitative estimate of drug-likeness (QED) is 0.295. The summed E-state index contributed by atoms with van der Waals surface area (Å²) in [6.45, 7) is 10.5. The molecule has 3 heterocycles. The number of anilines is 1. The first-order chi connectivity index (χ1) is 20.0. The van der Waals surface area contributed by atoms with Crippen LogP contribution in [0.3, 0.4) is 0 Å². The third kappa shape index (κ3) is 6.84. The first-order valence-corrected chi connectivity index (χ1v) is 14.1. The summed E-state index contributed by atoms with van der Waals surface area (Å²) in [5.41, 5.74) is -0.506. The van der Waals surface area contributed by atoms with Crippen LogP contribution in [0.2, 0.25) is 0 Å². The highest BCUT2D eigenvalue weighted by atomic mass is 16.6. The average Bonchev–Trinajstić information content (AvgIpc) is 3.33. The number of amides is 1. The maximum atomic E-state index is 13.9. The predicted octanol–water partition coefficient (Wildman–Crippen LogP) is 2.25. The molecule has 3 aromatic rings. The molecular weight excluding hydrogens is 540 g/mol. The number of aryl methyl sites for hydroxylation is 1. The number of benzene rings is 1. The van der Waals surface area contributed by atoms with Gasteiger partial charge in [0.1, 0.15) is 12.1 Å². The van der Waals surface area contributed by atoms with Crippen LogP contribution in [0.1, 0.15) is 40.2 Å². The third-order valence-electron chi connectivity index (χ3n) is 6.78. The maximum absolute atomic E-state index is 13.9. The van der Waals surface area contributed by atoms with Gasteiger partial charge in [0.25, 0.3) is 5.56 Å². The van der Waals surface area contributed by atoms with Crippen molar-refractivity contribution in [3.8, 4) is 11.8 Å². The van der Waals surface area contributed by atoms with Gasteiger partial charge in [0, 0.05) is 32.7 Å². The van der Waals surface area contributed by atoms with E-state index >= 15 is 0 Å². The summed E-state index contributed by atoms with van der Waals surface area (Å²) in [6.07, 6.45) is 0.0561. The van der Waals surface area contributed by atoms with Gasteiger partial charge in [-0.05, 0) is 46.6 Å². The molecule has 0 spiro atoms. The minimum atomic E-state index is -0.635. The third-order valence-corrected chi connectivity index (χ3v) is 6.78. The molecule has 42 heavy (non-hydrogen) atoms. The minimum absolute atomic E-state index is 0.0940. The van der Waals surface area contributed by atoms with Gasteiger partial charge in [0.2, 0.25) is 5.95 Å². The Morgan fingerprint density at radius 2 is 1.69 bits per heavy atom. The topological polar surface area (TPSA) is 121 Å². The lowest BCUT2D eigenvalue weighted by Gasteiger charge is -2.36. The lowest BCUT2D eigenvalue weighted by atomic mass is 10.1. The number of esters is 1. The lowest BCUT2D eigenvalue weighted by molar-refractivity contribution is -0.143. The Balaban J connectivity index is 1.78. The first-order valence-electron chi connectivity index (χ1n) is 14.1. The van der Waals surface area contributed by atoms with Crippen LogP contribution in [0.15, 0.2) is 39.9 Å². The number of rotatable bonds is 8. The number of fused-ring (bicyclic) bond motifs is 1. The molecule has 0 saturated carbocycles. The second kappa shape index (κ2) is 13.0. The highest BCUT2D eigenvalue weighted by Gasteiger charge is 2.30. The molecule has 12 nitrogen and oxygen atoms in total. The zero-order chi connectivity index (χ0) is 30.4. The van der Waals surface area contributed by atoms with E-state index in [9.17, 15) is 19.2 Å². The summed E-state index contributed by atoms with van der Waals surface area (Å²) in [5.74, 6) is 5.70. The molecule has 1 aliphatic rings. The molecular formula is C30H38N6O6. The maximum Gasteiger partial charge on any atom is 0.410 e. The minimum Gasteiger partial charge on any atom is -0.465 e. The van der Waals surface area contributed by atoms with Gasteiger partial charge in [-0.25, -0.2) is 9.59 Å². The largest absolute Gasteiger partial charge is 0.465 e. The summed E-state index contributed by atoms with van der Waals surface area (Å²) in [6, 6.07) is 9.55. The van der Waals surface area contributed by atoms with Crippen molar-refractivity contribution in [1.29, 1.82) is 0 Å². The predicted molar refractivity (Wildman–Crippen MR) is 159 cm³/mol. The van der Waals surface area contributed by atoms with E-state index in [1.807, 2.05) is 56.0 Å². The summed E-state index contributed by atoms with van der Waals surface area (Å²) < 4.78 is 14.7. The van der Waals surface area contributed by atoms with Crippen molar-refractivity contribution in [3.05, 3.63) is 56.7 Å². The van der Waals surface area contributed by atoms with Crippen molar-refractivity contribution >= 4 is 29.2 Å². The Bertz CT molecular complexity index is 1610. The Morgan fingerprint density at radius 3 is 2.31 bits per heavy atom. The van der Waals surface area contributed by atoms with Crippen LogP contribution in [-0.2, 0) is 40.3 Å². The van der Waals surface area contributed by atoms with E-state index < -0.39 is 35.5 Å². The molecule has 0 atom stereocenters. The fourth-order valence-corrected chi connectivity index (χ4v) is 4.80. The van der Waals surface area contributed by atoms with Crippen molar-refractivity contribution in [2.24, 2.45) is 0 Å². The standard InChI is InChI=1S/C30H38N6O6/c1-6-8-15-34-24-25(31-27(34)32-17-19-33(20-18-32)29(40)42-30(3,4)5)36(21-23(37)41-7-2)28(39)35(26(24)38)16-14-22-12-10-9-11-13-22/h9-13H,7,14-21H2,1-5H3. The number of carbonyl (C=O) groups excluding carboxylic acids is 2. The smallest absolute Gasteiger partial charge is 0.410 e. The van der Waals surface area contributed by atoms with Crippen molar-refractivity contribution in [3.63, 3.8) is 0 Å². The summed E-state index contributed by atoms with van der Waals surface area (Å²) in [7, 11) is 0. The van der Waals surface area contributed by atoms with Gasteiger partial charge in [-0.2, -0.15) is 4.98 Å². The molecule has 0 bridgehead atoms. The van der Waals surface area contributed by atoms with Gasteiger partial charge >= 0.3 is 17.8 Å². The number of imidazole rings is 1. The first kappa shape index (κ1) is 30.4. The molecule has 1 aliphatic heterocycles. The lowest BCUT2D eigenvalue weighted by Crippen LogP contribution is -2.50. The summed E-state index contributed by atoms with van der Waals surface area (Å²) >= 11 is 0. The highest BCUT2D eigenvalue weighted by molar-refractivity contribution is 5.78. The molecule has 1 saturated heterocycles. The molecule has 0 radical (unpaired) electrons. The molecule has 1 amide bonds. The number of carbonyl (C=O) groups is 2. The van der Waals surface area contributed by atoms with Crippen molar-refractivity contribution < 1.29 is 19.1 Å². The average molecular weight is 579 g/mol. The monoisotopic (exact) mass is 578 g/mol. The zero-order valence-corrected chi connectivity index (χ0v) is 24.9. The van der Waals surface area contributed by atoms with E-state index in [-0.39, 0.29) is 30.9 Å². The van der Waals surface area contributed by atoms with Crippen LogP contribution in [0.4, 0.5) is 10.7 Å². The van der Waals surface area contributed by atoms with Crippen LogP contribution in [0, 0.1) is 11.8 Å². The zero-order valence-electron chi connectivity index (χ0n) is 24.9. The second-order valence-electron chi connectivity index (χ2n) is 10.9. The van der Waals surface area contributed by atoms with E-state index in [0.29, 0.717) is 38.5 Å². The number of nitrogens with zero attached hydrogens (tertiary/aromatic N) is 6. The van der Waals surface area contributed by atoms with Gasteiger partial charge < -0.3 is 19.3 Å². The Morgan fingerprint density at radius 1 is 1.00 bits per heavy atom. The van der Waals surface area contributed by atoms with Crippen molar-refractivity contribution in [2.75, 3.05) is 37.7 Å². The molecule has 1 aromatic carbocycles. The number of hydrogen-bond donors (Lipinski definition) is 0. The van der Waals surface area contributed by atoms with E-state index in [4.69, 9.17) is 14.5 Å². The molecule has 12 heteroatoms. The molecule has 0 unspecified atom stereocenters. The molecule has 224 valence electrons. The van der Waals surface area contributed by atoms with E-state index in [0.717, 1.165) is 10.1 Å². The Labute approximate surface area is 244 Å². The van der Waals surface area contributed by atoms with Gasteiger partial charge in [-0.1, -0.05) is 36.3 Å². The number of aromatic nitrogens is 4. The second-order valence-corrected chi connectivity index (χ2v) is 10.9. The van der Waals surface area contributed by atoms with Gasteiger partial charge in [-0.3, -0.25) is 23.3 Å². The van der Waals surface area contributed by atoms with Gasteiger partial charge in [0.15, 0.2) is 11.2 Å². The Hall–Kier alpha value is -4.53. The number of ether oxygens (including phenoxy) is 2. The molecule has 4 rings (SSSR count). The SMILES string of the molecule is CC#CCn1c(N2CCN(C(=O)OC(C)(C)C)CC2)nc2c1c(=O)n(CCc1ccccc1)c(=O)n2CC(=O)OCC. The summed E-state index contributed by atoms with van der Waals surface area (Å²) in [5, 5.41) is 0. The highest BCUT2D eigenvalue weighted by Crippen LogP contribution is 2.22. The molecule has 1 fully saturated rings. The van der Waals surface area contributed by atoms with Gasteiger partial charge in [-0.15, -0.1) is 5.92 Å². The van der Waals surface area contributed by atoms with E-state index in [2.05, 4.69) is 11.8 Å². The normalized spacial score (nSPS) is 13.5. The number of piperazine rings is 1. The van der Waals surface area contributed by atoms with Gasteiger partial charge in [0.05, 0.1) is 13.2 Å². The molecule has 0 aliphatic carbocycles. The van der Waals surface area contributed by atoms with Crippen molar-refractivity contribution in [1.82, 2.24) is 23.6 Å².